The number of hydrogen-bond acceptors (Lipinski definition) is 3. The van der Waals surface area contributed by atoms with Crippen molar-refractivity contribution in [3.63, 3.8) is 0 Å². The first-order valence-electron chi connectivity index (χ1n) is 23.8. The molecule has 0 radical (unpaired) electrons. The maximum absolute atomic E-state index is 5.07. The number of anilines is 3. The van der Waals surface area contributed by atoms with E-state index in [4.69, 9.17) is 9.97 Å². The predicted molar refractivity (Wildman–Crippen MR) is 291 cm³/mol. The Balaban J connectivity index is 0.917. The molecule has 0 amide bonds. The highest BCUT2D eigenvalue weighted by molar-refractivity contribution is 6.13. The molecule has 1 aliphatic heterocycles. The molecule has 0 saturated heterocycles. The van der Waals surface area contributed by atoms with Crippen LogP contribution < -0.4 is 4.90 Å². The van der Waals surface area contributed by atoms with Crippen LogP contribution in [0.3, 0.4) is 0 Å². The summed E-state index contributed by atoms with van der Waals surface area (Å²) in [6, 6.07) is 95.6. The van der Waals surface area contributed by atoms with Crippen LogP contribution in [-0.4, -0.2) is 14.5 Å². The number of rotatable bonds is 8. The van der Waals surface area contributed by atoms with Gasteiger partial charge in [0.1, 0.15) is 0 Å². The molecule has 70 heavy (non-hydrogen) atoms. The fraction of sp³-hybridized carbons (Fsp3) is 0. The van der Waals surface area contributed by atoms with E-state index in [1.54, 1.807) is 0 Å². The van der Waals surface area contributed by atoms with Crippen LogP contribution in [0.15, 0.2) is 267 Å². The Morgan fingerprint density at radius 3 is 1.31 bits per heavy atom. The van der Waals surface area contributed by atoms with Crippen LogP contribution in [0.5, 0.6) is 0 Å². The minimum atomic E-state index is 0.708. The van der Waals surface area contributed by atoms with Crippen LogP contribution >= 0.6 is 0 Å². The fourth-order valence-corrected chi connectivity index (χ4v) is 10.2. The smallest absolute Gasteiger partial charge is 0.160 e. The van der Waals surface area contributed by atoms with E-state index in [1.807, 2.05) is 36.4 Å². The van der Waals surface area contributed by atoms with E-state index in [1.165, 1.54) is 44.5 Å². The minimum Gasteiger partial charge on any atom is -0.309 e. The standard InChI is InChI=1S/C66H44N4/c1-5-19-45(20-6-1)52-41-53(46-21-7-2-8-22-46)43-55(42-52)70-62-31-17-14-28-57(62)64-56-27-13-16-30-61(56)69(63-32-18-15-29-58(63)65(64)70)54-39-37-48(38-40-54)47-33-35-50(36-34-47)60-44-59(49-23-9-3-10-24-49)67-66(68-60)51-25-11-4-12-26-51/h1-44H. The summed E-state index contributed by atoms with van der Waals surface area (Å²) in [6.07, 6.45) is 0. The van der Waals surface area contributed by atoms with Gasteiger partial charge in [-0.25, -0.2) is 9.97 Å². The van der Waals surface area contributed by atoms with E-state index < -0.39 is 0 Å². The molecule has 328 valence electrons. The molecule has 2 aromatic heterocycles. The van der Waals surface area contributed by atoms with Gasteiger partial charge in [-0.15, -0.1) is 0 Å². The molecular weight excluding hydrogens is 849 g/mol. The quantitative estimate of drug-likeness (QED) is 0.152. The molecular formula is C66H44N4. The average molecular weight is 893 g/mol. The first-order valence-corrected chi connectivity index (χ1v) is 23.8. The number of hydrogen-bond donors (Lipinski definition) is 0. The first-order chi connectivity index (χ1) is 34.7. The van der Waals surface area contributed by atoms with Crippen LogP contribution in [0.2, 0.25) is 0 Å². The molecule has 0 N–H and O–H groups in total. The van der Waals surface area contributed by atoms with Gasteiger partial charge in [-0.2, -0.15) is 0 Å². The molecule has 4 nitrogen and oxygen atoms in total. The number of fused-ring (bicyclic) bond motifs is 7. The lowest BCUT2D eigenvalue weighted by atomic mass is 9.97. The molecule has 4 heteroatoms. The van der Waals surface area contributed by atoms with E-state index in [-0.39, 0.29) is 0 Å². The van der Waals surface area contributed by atoms with E-state index in [0.717, 1.165) is 73.0 Å². The van der Waals surface area contributed by atoms with Crippen molar-refractivity contribution in [2.75, 3.05) is 4.90 Å². The van der Waals surface area contributed by atoms with Gasteiger partial charge in [-0.05, 0) is 88.0 Å². The summed E-state index contributed by atoms with van der Waals surface area (Å²) in [5, 5.41) is 1.21. The normalized spacial score (nSPS) is 11.7. The summed E-state index contributed by atoms with van der Waals surface area (Å²) >= 11 is 0. The van der Waals surface area contributed by atoms with Crippen molar-refractivity contribution in [3.8, 4) is 95.4 Å². The molecule has 0 saturated carbocycles. The Hall–Kier alpha value is -9.38. The summed E-state index contributed by atoms with van der Waals surface area (Å²) in [7, 11) is 0. The molecule has 0 atom stereocenters. The van der Waals surface area contributed by atoms with Crippen molar-refractivity contribution in [1.82, 2.24) is 14.5 Å². The van der Waals surface area contributed by atoms with Gasteiger partial charge in [0.15, 0.2) is 5.82 Å². The molecule has 0 fully saturated rings. The molecule has 10 aromatic carbocycles. The minimum absolute atomic E-state index is 0.708. The Labute approximate surface area is 407 Å². The second-order valence-electron chi connectivity index (χ2n) is 17.8. The van der Waals surface area contributed by atoms with Gasteiger partial charge in [0.05, 0.1) is 34.0 Å². The van der Waals surface area contributed by atoms with Crippen LogP contribution in [0.4, 0.5) is 17.1 Å². The molecule has 12 aromatic rings. The zero-order valence-corrected chi connectivity index (χ0v) is 38.2. The maximum Gasteiger partial charge on any atom is 0.160 e. The monoisotopic (exact) mass is 892 g/mol. The third-order valence-electron chi connectivity index (χ3n) is 13.5. The highest BCUT2D eigenvalue weighted by Gasteiger charge is 2.31. The lowest BCUT2D eigenvalue weighted by Crippen LogP contribution is -2.11. The van der Waals surface area contributed by atoms with Crippen molar-refractivity contribution in [1.29, 1.82) is 0 Å². The van der Waals surface area contributed by atoms with Crippen molar-refractivity contribution in [2.45, 2.75) is 0 Å². The van der Waals surface area contributed by atoms with Gasteiger partial charge in [-0.1, -0.05) is 212 Å². The molecule has 1 aliphatic rings. The number of nitrogens with zero attached hydrogens (tertiary/aromatic N) is 4. The van der Waals surface area contributed by atoms with Gasteiger partial charge in [0.25, 0.3) is 0 Å². The van der Waals surface area contributed by atoms with Crippen molar-refractivity contribution >= 4 is 28.0 Å². The summed E-state index contributed by atoms with van der Waals surface area (Å²) in [5.41, 5.74) is 22.2. The second kappa shape index (κ2) is 17.4. The van der Waals surface area contributed by atoms with Gasteiger partial charge in [0.2, 0.25) is 0 Å². The molecule has 13 rings (SSSR count). The fourth-order valence-electron chi connectivity index (χ4n) is 10.2. The first kappa shape index (κ1) is 40.9. The second-order valence-corrected chi connectivity index (χ2v) is 17.8. The van der Waals surface area contributed by atoms with Gasteiger partial charge >= 0.3 is 0 Å². The van der Waals surface area contributed by atoms with Gasteiger partial charge in [-0.3, -0.25) is 0 Å². The summed E-state index contributed by atoms with van der Waals surface area (Å²) in [6.45, 7) is 0. The Morgan fingerprint density at radius 1 is 0.286 bits per heavy atom. The van der Waals surface area contributed by atoms with Crippen LogP contribution in [0, 0.1) is 0 Å². The number of para-hydroxylation sites is 3. The van der Waals surface area contributed by atoms with Crippen LogP contribution in [0.25, 0.3) is 106 Å². The van der Waals surface area contributed by atoms with Crippen molar-refractivity contribution in [3.05, 3.63) is 267 Å². The average Bonchev–Trinajstić information content (AvgIpc) is 3.73. The van der Waals surface area contributed by atoms with E-state index in [9.17, 15) is 0 Å². The predicted octanol–water partition coefficient (Wildman–Crippen LogP) is 17.5. The lowest BCUT2D eigenvalue weighted by Gasteiger charge is -2.27. The van der Waals surface area contributed by atoms with Gasteiger partial charge in [0, 0.05) is 50.1 Å². The topological polar surface area (TPSA) is 34.0 Å². The largest absolute Gasteiger partial charge is 0.309 e. The lowest BCUT2D eigenvalue weighted by molar-refractivity contribution is 1.14. The molecule has 0 spiro atoms. The summed E-state index contributed by atoms with van der Waals surface area (Å²) in [4.78, 5) is 12.5. The highest BCUT2D eigenvalue weighted by Crippen LogP contribution is 2.54. The van der Waals surface area contributed by atoms with E-state index in [2.05, 4.69) is 240 Å². The molecule has 3 heterocycles. The Kier molecular flexibility index (Phi) is 10.1. The Morgan fingerprint density at radius 2 is 0.714 bits per heavy atom. The van der Waals surface area contributed by atoms with E-state index >= 15 is 0 Å². The van der Waals surface area contributed by atoms with E-state index in [0.29, 0.717) is 5.82 Å². The summed E-state index contributed by atoms with van der Waals surface area (Å²) < 4.78 is 2.50. The third kappa shape index (κ3) is 7.27. The summed E-state index contributed by atoms with van der Waals surface area (Å²) in [5.74, 6) is 0.708. The SMILES string of the molecule is c1ccc(-c2cc(-c3ccccc3)cc(-n3c4c(c5ccccc53)-c3ccccc3N(c3ccc(-c5ccc(-c6cc(-c7ccccc7)nc(-c7ccccc7)n6)cc5)cc3)c3ccccc3-4)c2)cc1. The molecule has 0 aliphatic carbocycles. The number of benzene rings is 10. The van der Waals surface area contributed by atoms with Gasteiger partial charge < -0.3 is 9.47 Å². The molecule has 0 unspecified atom stereocenters. The Bertz CT molecular complexity index is 3730. The van der Waals surface area contributed by atoms with Crippen LogP contribution in [0.1, 0.15) is 0 Å². The third-order valence-corrected chi connectivity index (χ3v) is 13.5. The number of aromatic nitrogens is 3. The zero-order valence-electron chi connectivity index (χ0n) is 38.2. The maximum atomic E-state index is 5.07. The zero-order chi connectivity index (χ0) is 46.4. The molecule has 0 bridgehead atoms. The highest BCUT2D eigenvalue weighted by atomic mass is 15.2. The van der Waals surface area contributed by atoms with Crippen molar-refractivity contribution in [2.24, 2.45) is 0 Å². The van der Waals surface area contributed by atoms with Crippen LogP contribution in [-0.2, 0) is 0 Å². The van der Waals surface area contributed by atoms with Crippen molar-refractivity contribution < 1.29 is 0 Å².